The molecule has 1 aliphatic rings. The summed E-state index contributed by atoms with van der Waals surface area (Å²) >= 11 is 0. The van der Waals surface area contributed by atoms with Crippen LogP contribution in [0.15, 0.2) is 12.1 Å². The summed E-state index contributed by atoms with van der Waals surface area (Å²) in [5, 5.41) is 0. The molecule has 0 amide bonds. The van der Waals surface area contributed by atoms with Crippen LogP contribution < -0.4 is 11.3 Å². The number of pyridine rings is 1. The van der Waals surface area contributed by atoms with Crippen LogP contribution >= 0.6 is 0 Å². The Bertz CT molecular complexity index is 331. The molecule has 0 aliphatic heterocycles. The Morgan fingerprint density at radius 3 is 2.64 bits per heavy atom. The molecular weight excluding hydrogens is 174 g/mol. The van der Waals surface area contributed by atoms with Gasteiger partial charge < -0.3 is 0 Å². The summed E-state index contributed by atoms with van der Waals surface area (Å²) in [7, 11) is 0. The van der Waals surface area contributed by atoms with Crippen LogP contribution in [0.3, 0.4) is 0 Å². The van der Waals surface area contributed by atoms with Crippen molar-refractivity contribution >= 4 is 0 Å². The molecule has 1 heterocycles. The van der Waals surface area contributed by atoms with Gasteiger partial charge in [0.05, 0.1) is 11.7 Å². The molecule has 76 valence electrons. The predicted molar refractivity (Wildman–Crippen MR) is 56.5 cm³/mol. The first-order chi connectivity index (χ1) is 6.72. The first kappa shape index (κ1) is 9.62. The lowest BCUT2D eigenvalue weighted by atomic mass is 10.1. The molecule has 0 spiro atoms. The second kappa shape index (κ2) is 3.67. The van der Waals surface area contributed by atoms with Gasteiger partial charge in [-0.3, -0.25) is 16.3 Å². The van der Waals surface area contributed by atoms with Crippen molar-refractivity contribution in [3.8, 4) is 0 Å². The highest BCUT2D eigenvalue weighted by Gasteiger charge is 2.32. The van der Waals surface area contributed by atoms with Gasteiger partial charge in [-0.2, -0.15) is 0 Å². The largest absolute Gasteiger partial charge is 0.271 e. The van der Waals surface area contributed by atoms with Gasteiger partial charge in [0.2, 0.25) is 0 Å². The number of hydrogen-bond donors (Lipinski definition) is 2. The third-order valence-electron chi connectivity index (χ3n) is 2.96. The first-order valence-electron chi connectivity index (χ1n) is 5.12. The fourth-order valence-electron chi connectivity index (χ4n) is 1.72. The van der Waals surface area contributed by atoms with E-state index < -0.39 is 0 Å². The lowest BCUT2D eigenvalue weighted by Gasteiger charge is -2.15. The van der Waals surface area contributed by atoms with Crippen LogP contribution in [0, 0.1) is 19.8 Å². The number of hydrazine groups is 1. The average molecular weight is 191 g/mol. The topological polar surface area (TPSA) is 50.9 Å². The van der Waals surface area contributed by atoms with E-state index in [-0.39, 0.29) is 6.04 Å². The van der Waals surface area contributed by atoms with Gasteiger partial charge >= 0.3 is 0 Å². The third-order valence-corrected chi connectivity index (χ3v) is 2.96. The van der Waals surface area contributed by atoms with Crippen LogP contribution in [-0.2, 0) is 0 Å². The zero-order chi connectivity index (χ0) is 10.1. The molecule has 1 saturated carbocycles. The molecule has 0 bridgehead atoms. The van der Waals surface area contributed by atoms with Gasteiger partial charge in [-0.15, -0.1) is 0 Å². The van der Waals surface area contributed by atoms with E-state index in [1.54, 1.807) is 0 Å². The Hall–Kier alpha value is -0.930. The molecule has 14 heavy (non-hydrogen) atoms. The first-order valence-corrected chi connectivity index (χ1v) is 5.12. The number of nitrogens with zero attached hydrogens (tertiary/aromatic N) is 1. The van der Waals surface area contributed by atoms with Crippen LogP contribution in [0.1, 0.15) is 35.8 Å². The van der Waals surface area contributed by atoms with Gasteiger partial charge in [-0.05, 0) is 44.2 Å². The molecule has 0 saturated heterocycles. The molecule has 3 nitrogen and oxygen atoms in total. The molecule has 1 fully saturated rings. The van der Waals surface area contributed by atoms with E-state index >= 15 is 0 Å². The number of hydrogen-bond acceptors (Lipinski definition) is 3. The molecule has 1 atom stereocenters. The Kier molecular flexibility index (Phi) is 2.52. The molecule has 3 heteroatoms. The van der Waals surface area contributed by atoms with Crippen molar-refractivity contribution in [3.63, 3.8) is 0 Å². The summed E-state index contributed by atoms with van der Waals surface area (Å²) in [5.41, 5.74) is 6.28. The molecular formula is C11H17N3. The van der Waals surface area contributed by atoms with Crippen molar-refractivity contribution in [1.82, 2.24) is 10.4 Å². The van der Waals surface area contributed by atoms with Crippen molar-refractivity contribution in [3.05, 3.63) is 29.1 Å². The van der Waals surface area contributed by atoms with E-state index in [0.29, 0.717) is 5.92 Å². The van der Waals surface area contributed by atoms with Gasteiger partial charge in [0.25, 0.3) is 0 Å². The van der Waals surface area contributed by atoms with Gasteiger partial charge in [-0.1, -0.05) is 6.07 Å². The molecule has 1 aromatic rings. The van der Waals surface area contributed by atoms with Crippen LogP contribution in [0.25, 0.3) is 0 Å². The number of rotatable bonds is 3. The summed E-state index contributed by atoms with van der Waals surface area (Å²) in [6.45, 7) is 4.12. The van der Waals surface area contributed by atoms with Crippen LogP contribution in [0.2, 0.25) is 0 Å². The van der Waals surface area contributed by atoms with Gasteiger partial charge in [0.15, 0.2) is 0 Å². The molecule has 0 radical (unpaired) electrons. The fourth-order valence-corrected chi connectivity index (χ4v) is 1.72. The standard InChI is InChI=1S/C11H17N3/c1-7-3-6-10(13-8(7)2)11(14-12)9-4-5-9/h3,6,9,11,14H,4-5,12H2,1-2H3. The van der Waals surface area contributed by atoms with Gasteiger partial charge in [0.1, 0.15) is 0 Å². The summed E-state index contributed by atoms with van der Waals surface area (Å²) < 4.78 is 0. The Morgan fingerprint density at radius 2 is 2.14 bits per heavy atom. The lowest BCUT2D eigenvalue weighted by molar-refractivity contribution is 0.484. The minimum Gasteiger partial charge on any atom is -0.271 e. The maximum Gasteiger partial charge on any atom is 0.0660 e. The highest BCUT2D eigenvalue weighted by molar-refractivity contribution is 5.23. The van der Waals surface area contributed by atoms with Crippen molar-refractivity contribution in [2.24, 2.45) is 11.8 Å². The second-order valence-electron chi connectivity index (χ2n) is 4.12. The van der Waals surface area contributed by atoms with E-state index in [9.17, 15) is 0 Å². The SMILES string of the molecule is Cc1ccc(C(NN)C2CC2)nc1C. The van der Waals surface area contributed by atoms with Crippen molar-refractivity contribution in [2.75, 3.05) is 0 Å². The van der Waals surface area contributed by atoms with Crippen LogP contribution in [0.4, 0.5) is 0 Å². The number of nitrogens with one attached hydrogen (secondary N) is 1. The van der Waals surface area contributed by atoms with E-state index in [1.165, 1.54) is 18.4 Å². The molecule has 1 unspecified atom stereocenters. The van der Waals surface area contributed by atoms with E-state index in [1.807, 2.05) is 6.92 Å². The highest BCUT2D eigenvalue weighted by atomic mass is 15.2. The maximum absolute atomic E-state index is 5.54. The Morgan fingerprint density at radius 1 is 1.43 bits per heavy atom. The molecule has 2 rings (SSSR count). The minimum atomic E-state index is 0.245. The van der Waals surface area contributed by atoms with Crippen molar-refractivity contribution in [2.45, 2.75) is 32.7 Å². The average Bonchev–Trinajstić information content (AvgIpc) is 2.96. The molecule has 0 aromatic carbocycles. The van der Waals surface area contributed by atoms with E-state index in [4.69, 9.17) is 5.84 Å². The summed E-state index contributed by atoms with van der Waals surface area (Å²) in [4.78, 5) is 4.56. The van der Waals surface area contributed by atoms with Crippen molar-refractivity contribution < 1.29 is 0 Å². The number of aryl methyl sites for hydroxylation is 2. The van der Waals surface area contributed by atoms with Gasteiger partial charge in [-0.25, -0.2) is 0 Å². The minimum absolute atomic E-state index is 0.245. The normalized spacial score (nSPS) is 18.2. The Balaban J connectivity index is 2.25. The van der Waals surface area contributed by atoms with Crippen LogP contribution in [0.5, 0.6) is 0 Å². The summed E-state index contributed by atoms with van der Waals surface area (Å²) in [6, 6.07) is 4.43. The number of nitrogens with two attached hydrogens (primary N) is 1. The fraction of sp³-hybridized carbons (Fsp3) is 0.545. The zero-order valence-corrected chi connectivity index (χ0v) is 8.75. The van der Waals surface area contributed by atoms with Crippen LogP contribution in [-0.4, -0.2) is 4.98 Å². The molecule has 1 aromatic heterocycles. The predicted octanol–water partition coefficient (Wildman–Crippen LogP) is 1.61. The molecule has 1 aliphatic carbocycles. The second-order valence-corrected chi connectivity index (χ2v) is 4.12. The lowest BCUT2D eigenvalue weighted by Crippen LogP contribution is -2.30. The summed E-state index contributed by atoms with van der Waals surface area (Å²) in [5.74, 6) is 6.23. The maximum atomic E-state index is 5.54. The van der Waals surface area contributed by atoms with E-state index in [2.05, 4.69) is 29.5 Å². The number of aromatic nitrogens is 1. The summed E-state index contributed by atoms with van der Waals surface area (Å²) in [6.07, 6.45) is 2.53. The quantitative estimate of drug-likeness (QED) is 0.563. The smallest absolute Gasteiger partial charge is 0.0660 e. The Labute approximate surface area is 84.7 Å². The van der Waals surface area contributed by atoms with E-state index in [0.717, 1.165) is 11.4 Å². The monoisotopic (exact) mass is 191 g/mol. The highest BCUT2D eigenvalue weighted by Crippen LogP contribution is 2.39. The van der Waals surface area contributed by atoms with Gasteiger partial charge in [0, 0.05) is 5.69 Å². The van der Waals surface area contributed by atoms with Crippen molar-refractivity contribution in [1.29, 1.82) is 0 Å². The third kappa shape index (κ3) is 1.79. The molecule has 3 N–H and O–H groups in total. The zero-order valence-electron chi connectivity index (χ0n) is 8.75.